The summed E-state index contributed by atoms with van der Waals surface area (Å²) in [4.78, 5) is 0. The highest BCUT2D eigenvalue weighted by Crippen LogP contribution is 2.18. The first-order chi connectivity index (χ1) is 7.16. The van der Waals surface area contributed by atoms with Gasteiger partial charge in [0.2, 0.25) is 0 Å². The summed E-state index contributed by atoms with van der Waals surface area (Å²) in [5.41, 5.74) is 4.23. The van der Waals surface area contributed by atoms with Gasteiger partial charge in [-0.15, -0.1) is 0 Å². The summed E-state index contributed by atoms with van der Waals surface area (Å²) < 4.78 is 1.89. The molecule has 0 radical (unpaired) electrons. The molecule has 0 amide bonds. The molecular weight excluding hydrogens is 212 g/mol. The molecule has 2 aromatic rings. The van der Waals surface area contributed by atoms with Crippen molar-refractivity contribution in [3.63, 3.8) is 0 Å². The summed E-state index contributed by atoms with van der Waals surface area (Å²) in [5, 5.41) is 7.97. The molecule has 5 heteroatoms. The third-order valence-corrected chi connectivity index (χ3v) is 2.38. The van der Waals surface area contributed by atoms with Crippen LogP contribution in [-0.2, 0) is 6.67 Å². The average Bonchev–Trinajstić information content (AvgIpc) is 2.57. The minimum Gasteiger partial charge on any atom is -0.249 e. The van der Waals surface area contributed by atoms with Gasteiger partial charge in [-0.2, -0.15) is 5.10 Å². The van der Waals surface area contributed by atoms with Crippen LogP contribution < -0.4 is 5.43 Å². The van der Waals surface area contributed by atoms with Crippen LogP contribution in [0.2, 0.25) is 5.02 Å². The molecule has 0 aliphatic rings. The molecule has 0 atom stereocenters. The number of hydrogen-bond acceptors (Lipinski definition) is 3. The van der Waals surface area contributed by atoms with Gasteiger partial charge in [0.05, 0.1) is 11.7 Å². The molecule has 0 aliphatic heterocycles. The molecule has 1 aromatic carbocycles. The summed E-state index contributed by atoms with van der Waals surface area (Å²) in [6, 6.07) is 5.76. The Kier molecular flexibility index (Phi) is 2.90. The lowest BCUT2D eigenvalue weighted by molar-refractivity contribution is 0.251. The van der Waals surface area contributed by atoms with Gasteiger partial charge in [-0.05, 0) is 18.2 Å². The fraction of sp³-hybridized carbons (Fsp3) is 0.300. The molecule has 0 unspecified atom stereocenters. The van der Waals surface area contributed by atoms with Gasteiger partial charge in [0.25, 0.3) is 0 Å². The lowest BCUT2D eigenvalue weighted by Gasteiger charge is -2.12. The van der Waals surface area contributed by atoms with E-state index >= 15 is 0 Å². The Morgan fingerprint density at radius 1 is 1.47 bits per heavy atom. The van der Waals surface area contributed by atoms with Gasteiger partial charge in [-0.25, -0.2) is 15.1 Å². The topological polar surface area (TPSA) is 33.1 Å². The fourth-order valence-electron chi connectivity index (χ4n) is 1.39. The lowest BCUT2D eigenvalue weighted by atomic mass is 10.2. The van der Waals surface area contributed by atoms with Gasteiger partial charge >= 0.3 is 0 Å². The van der Waals surface area contributed by atoms with E-state index in [1.165, 1.54) is 0 Å². The minimum absolute atomic E-state index is 0.651. The quantitative estimate of drug-likeness (QED) is 0.806. The first-order valence-electron chi connectivity index (χ1n) is 4.69. The van der Waals surface area contributed by atoms with Gasteiger partial charge in [0, 0.05) is 24.5 Å². The number of halogens is 1. The normalized spacial score (nSPS) is 11.5. The summed E-state index contributed by atoms with van der Waals surface area (Å²) in [7, 11) is 3.89. The van der Waals surface area contributed by atoms with Gasteiger partial charge in [0.1, 0.15) is 6.67 Å². The molecule has 15 heavy (non-hydrogen) atoms. The van der Waals surface area contributed by atoms with Crippen LogP contribution in [0.1, 0.15) is 0 Å². The van der Waals surface area contributed by atoms with Crippen LogP contribution in [0.3, 0.4) is 0 Å². The standard InChI is InChI=1S/C10H13ClN4/c1-14(2)13-7-15-10-4-3-9(11)5-8(10)6-12-15/h3-6,13H,7H2,1-2H3. The van der Waals surface area contributed by atoms with Crippen molar-refractivity contribution < 1.29 is 0 Å². The number of rotatable bonds is 3. The van der Waals surface area contributed by atoms with Crippen molar-refractivity contribution in [3.05, 3.63) is 29.4 Å². The zero-order valence-corrected chi connectivity index (χ0v) is 9.49. The second-order valence-corrected chi connectivity index (χ2v) is 3.99. The third kappa shape index (κ3) is 2.28. The molecule has 0 saturated carbocycles. The predicted octanol–water partition coefficient (Wildman–Crippen LogP) is 1.71. The van der Waals surface area contributed by atoms with Crippen molar-refractivity contribution in [3.8, 4) is 0 Å². The molecule has 1 N–H and O–H groups in total. The SMILES string of the molecule is CN(C)NCn1ncc2cc(Cl)ccc21. The van der Waals surface area contributed by atoms with Gasteiger partial charge in [0.15, 0.2) is 0 Å². The minimum atomic E-state index is 0.651. The maximum atomic E-state index is 5.89. The van der Waals surface area contributed by atoms with E-state index in [1.807, 2.05) is 48.2 Å². The van der Waals surface area contributed by atoms with Crippen LogP contribution in [0.25, 0.3) is 10.9 Å². The van der Waals surface area contributed by atoms with Crippen molar-refractivity contribution in [2.24, 2.45) is 0 Å². The number of fused-ring (bicyclic) bond motifs is 1. The number of benzene rings is 1. The van der Waals surface area contributed by atoms with Crippen molar-refractivity contribution >= 4 is 22.5 Å². The smallest absolute Gasteiger partial charge is 0.104 e. The van der Waals surface area contributed by atoms with Gasteiger partial charge in [-0.1, -0.05) is 11.6 Å². The van der Waals surface area contributed by atoms with Crippen LogP contribution in [0.15, 0.2) is 24.4 Å². The van der Waals surface area contributed by atoms with Crippen LogP contribution in [-0.4, -0.2) is 28.9 Å². The monoisotopic (exact) mass is 224 g/mol. The molecule has 0 aliphatic carbocycles. The molecule has 0 fully saturated rings. The van der Waals surface area contributed by atoms with Crippen molar-refractivity contribution in [1.82, 2.24) is 20.2 Å². The van der Waals surface area contributed by atoms with Gasteiger partial charge in [-0.3, -0.25) is 0 Å². The first-order valence-corrected chi connectivity index (χ1v) is 5.06. The van der Waals surface area contributed by atoms with E-state index in [2.05, 4.69) is 10.5 Å². The zero-order valence-electron chi connectivity index (χ0n) is 8.74. The second kappa shape index (κ2) is 4.18. The summed E-state index contributed by atoms with van der Waals surface area (Å²) >= 11 is 5.89. The summed E-state index contributed by atoms with van der Waals surface area (Å²) in [6.07, 6.45) is 1.82. The van der Waals surface area contributed by atoms with E-state index in [-0.39, 0.29) is 0 Å². The molecule has 0 spiro atoms. The maximum absolute atomic E-state index is 5.89. The number of nitrogens with one attached hydrogen (secondary N) is 1. The summed E-state index contributed by atoms with van der Waals surface area (Å²) in [5.74, 6) is 0. The number of aromatic nitrogens is 2. The van der Waals surface area contributed by atoms with Gasteiger partial charge < -0.3 is 0 Å². The largest absolute Gasteiger partial charge is 0.249 e. The third-order valence-electron chi connectivity index (χ3n) is 2.14. The highest BCUT2D eigenvalue weighted by Gasteiger charge is 2.02. The second-order valence-electron chi connectivity index (χ2n) is 3.56. The molecule has 80 valence electrons. The molecule has 2 rings (SSSR count). The molecular formula is C10H13ClN4. The van der Waals surface area contributed by atoms with Crippen LogP contribution >= 0.6 is 11.6 Å². The Bertz CT molecular complexity index is 463. The summed E-state index contributed by atoms with van der Waals surface area (Å²) in [6.45, 7) is 0.651. The van der Waals surface area contributed by atoms with E-state index in [9.17, 15) is 0 Å². The molecule has 4 nitrogen and oxygen atoms in total. The van der Waals surface area contributed by atoms with Crippen molar-refractivity contribution in [2.45, 2.75) is 6.67 Å². The lowest BCUT2D eigenvalue weighted by Crippen LogP contribution is -2.32. The van der Waals surface area contributed by atoms with Crippen LogP contribution in [0.5, 0.6) is 0 Å². The zero-order chi connectivity index (χ0) is 10.8. The Morgan fingerprint density at radius 3 is 3.00 bits per heavy atom. The Labute approximate surface area is 93.4 Å². The number of nitrogens with zero attached hydrogens (tertiary/aromatic N) is 3. The highest BCUT2D eigenvalue weighted by atomic mass is 35.5. The van der Waals surface area contributed by atoms with Crippen LogP contribution in [0, 0.1) is 0 Å². The van der Waals surface area contributed by atoms with Crippen molar-refractivity contribution in [2.75, 3.05) is 14.1 Å². The van der Waals surface area contributed by atoms with E-state index in [4.69, 9.17) is 11.6 Å². The Balaban J connectivity index is 2.29. The van der Waals surface area contributed by atoms with E-state index in [0.717, 1.165) is 15.9 Å². The van der Waals surface area contributed by atoms with E-state index < -0.39 is 0 Å². The van der Waals surface area contributed by atoms with E-state index in [1.54, 1.807) is 0 Å². The predicted molar refractivity (Wildman–Crippen MR) is 61.6 cm³/mol. The van der Waals surface area contributed by atoms with Crippen molar-refractivity contribution in [1.29, 1.82) is 0 Å². The Morgan fingerprint density at radius 2 is 2.27 bits per heavy atom. The van der Waals surface area contributed by atoms with Crippen LogP contribution in [0.4, 0.5) is 0 Å². The van der Waals surface area contributed by atoms with E-state index in [0.29, 0.717) is 6.67 Å². The fourth-order valence-corrected chi connectivity index (χ4v) is 1.57. The number of hydrazine groups is 1. The Hall–Kier alpha value is -1.10. The average molecular weight is 225 g/mol. The molecule has 1 aromatic heterocycles. The highest BCUT2D eigenvalue weighted by molar-refractivity contribution is 6.31. The number of hydrogen-bond donors (Lipinski definition) is 1. The molecule has 0 bridgehead atoms. The maximum Gasteiger partial charge on any atom is 0.104 e. The molecule has 1 heterocycles. The molecule has 0 saturated heterocycles. The first kappa shape index (κ1) is 10.4.